The largest absolute Gasteiger partial charge is 0.377 e. The molecule has 0 saturated heterocycles. The summed E-state index contributed by atoms with van der Waals surface area (Å²) in [4.78, 5) is 0. The first-order valence-electron chi connectivity index (χ1n) is 5.71. The van der Waals surface area contributed by atoms with Gasteiger partial charge in [0.25, 0.3) is 0 Å². The zero-order valence-corrected chi connectivity index (χ0v) is 10.0. The maximum Gasteiger partial charge on any atom is 0.0636 e. The lowest BCUT2D eigenvalue weighted by Gasteiger charge is -2.22. The van der Waals surface area contributed by atoms with Crippen molar-refractivity contribution in [3.05, 3.63) is 0 Å². The smallest absolute Gasteiger partial charge is 0.0636 e. The first-order chi connectivity index (χ1) is 6.63. The number of hydrazine groups is 1. The van der Waals surface area contributed by atoms with Crippen molar-refractivity contribution in [2.24, 2.45) is 11.8 Å². The molecule has 86 valence electrons. The quantitative estimate of drug-likeness (QED) is 0.468. The minimum absolute atomic E-state index is 0.285. The number of hydrogen-bond donors (Lipinski definition) is 2. The van der Waals surface area contributed by atoms with Gasteiger partial charge in [-0.15, -0.1) is 0 Å². The Morgan fingerprint density at radius 2 is 1.79 bits per heavy atom. The fourth-order valence-electron chi connectivity index (χ4n) is 1.52. The van der Waals surface area contributed by atoms with Gasteiger partial charge in [0, 0.05) is 6.04 Å². The highest BCUT2D eigenvalue weighted by atomic mass is 16.5. The van der Waals surface area contributed by atoms with Crippen LogP contribution in [0.4, 0.5) is 0 Å². The summed E-state index contributed by atoms with van der Waals surface area (Å²) in [7, 11) is 0. The summed E-state index contributed by atoms with van der Waals surface area (Å²) in [5.41, 5.74) is 2.83. The van der Waals surface area contributed by atoms with E-state index in [1.165, 1.54) is 12.8 Å². The number of hydrogen-bond acceptors (Lipinski definition) is 3. The van der Waals surface area contributed by atoms with Gasteiger partial charge in [0.15, 0.2) is 0 Å². The summed E-state index contributed by atoms with van der Waals surface area (Å²) >= 11 is 0. The molecule has 0 aromatic heterocycles. The van der Waals surface area contributed by atoms with Gasteiger partial charge in [-0.2, -0.15) is 0 Å². The molecule has 0 heterocycles. The highest BCUT2D eigenvalue weighted by Crippen LogP contribution is 2.15. The number of nitrogens with one attached hydrogen (secondary N) is 1. The third-order valence-corrected chi connectivity index (χ3v) is 2.64. The van der Waals surface area contributed by atoms with E-state index in [1.807, 2.05) is 13.8 Å². The molecule has 0 rings (SSSR count). The lowest BCUT2D eigenvalue weighted by molar-refractivity contribution is 0.0557. The lowest BCUT2D eigenvalue weighted by Crippen LogP contribution is -2.40. The van der Waals surface area contributed by atoms with Crippen LogP contribution in [0.25, 0.3) is 0 Å². The summed E-state index contributed by atoms with van der Waals surface area (Å²) in [6.07, 6.45) is 3.83. The second-order valence-corrected chi connectivity index (χ2v) is 4.16. The Kier molecular flexibility index (Phi) is 8.14. The lowest BCUT2D eigenvalue weighted by atomic mass is 9.95. The molecule has 3 nitrogen and oxygen atoms in total. The van der Waals surface area contributed by atoms with Crippen LogP contribution in [0, 0.1) is 5.92 Å². The van der Waals surface area contributed by atoms with E-state index in [2.05, 4.69) is 19.3 Å². The van der Waals surface area contributed by atoms with E-state index < -0.39 is 0 Å². The molecule has 0 saturated carbocycles. The fourth-order valence-corrected chi connectivity index (χ4v) is 1.52. The summed E-state index contributed by atoms with van der Waals surface area (Å²) in [5, 5.41) is 0. The second-order valence-electron chi connectivity index (χ2n) is 4.16. The van der Waals surface area contributed by atoms with Crippen molar-refractivity contribution in [2.45, 2.75) is 59.1 Å². The van der Waals surface area contributed by atoms with E-state index in [0.717, 1.165) is 12.3 Å². The van der Waals surface area contributed by atoms with Crippen LogP contribution in [0.15, 0.2) is 0 Å². The summed E-state index contributed by atoms with van der Waals surface area (Å²) in [5.74, 6) is 6.24. The van der Waals surface area contributed by atoms with Gasteiger partial charge in [-0.05, 0) is 26.2 Å². The van der Waals surface area contributed by atoms with E-state index in [0.29, 0.717) is 12.6 Å². The predicted octanol–water partition coefficient (Wildman–Crippen LogP) is 2.07. The molecule has 0 fully saturated rings. The predicted molar refractivity (Wildman–Crippen MR) is 60.9 cm³/mol. The van der Waals surface area contributed by atoms with E-state index in [4.69, 9.17) is 10.6 Å². The number of ether oxygens (including phenoxy) is 1. The maximum absolute atomic E-state index is 5.54. The molecule has 0 spiro atoms. The second kappa shape index (κ2) is 8.21. The van der Waals surface area contributed by atoms with Crippen LogP contribution < -0.4 is 11.3 Å². The molecule has 3 N–H and O–H groups in total. The number of rotatable bonds is 8. The normalized spacial score (nSPS) is 13.9. The first kappa shape index (κ1) is 13.9. The van der Waals surface area contributed by atoms with Crippen LogP contribution in [-0.2, 0) is 4.74 Å². The van der Waals surface area contributed by atoms with Crippen molar-refractivity contribution in [3.8, 4) is 0 Å². The van der Waals surface area contributed by atoms with E-state index in [1.54, 1.807) is 0 Å². The Labute approximate surface area is 88.4 Å². The van der Waals surface area contributed by atoms with Gasteiger partial charge >= 0.3 is 0 Å². The molecule has 0 amide bonds. The SMILES string of the molecule is CCC(CC)CC(COC(C)C)NN. The average Bonchev–Trinajstić information content (AvgIpc) is 2.18. The maximum atomic E-state index is 5.54. The molecule has 0 aromatic carbocycles. The molecule has 0 aliphatic rings. The van der Waals surface area contributed by atoms with Crippen molar-refractivity contribution in [1.29, 1.82) is 0 Å². The molecule has 0 aromatic rings. The summed E-state index contributed by atoms with van der Waals surface area (Å²) < 4.78 is 5.54. The minimum Gasteiger partial charge on any atom is -0.377 e. The standard InChI is InChI=1S/C11H26N2O/c1-5-10(6-2)7-11(13-12)8-14-9(3)4/h9-11,13H,5-8,12H2,1-4H3. The summed E-state index contributed by atoms with van der Waals surface area (Å²) in [6, 6.07) is 0.294. The average molecular weight is 202 g/mol. The highest BCUT2D eigenvalue weighted by Gasteiger charge is 2.13. The van der Waals surface area contributed by atoms with Crippen molar-refractivity contribution < 1.29 is 4.74 Å². The topological polar surface area (TPSA) is 47.3 Å². The molecule has 0 aliphatic carbocycles. The molecule has 0 aliphatic heterocycles. The van der Waals surface area contributed by atoms with Crippen molar-refractivity contribution in [3.63, 3.8) is 0 Å². The van der Waals surface area contributed by atoms with Crippen LogP contribution in [0.5, 0.6) is 0 Å². The van der Waals surface area contributed by atoms with Crippen LogP contribution in [0.1, 0.15) is 47.0 Å². The molecular formula is C11H26N2O. The van der Waals surface area contributed by atoms with Crippen LogP contribution in [-0.4, -0.2) is 18.8 Å². The monoisotopic (exact) mass is 202 g/mol. The number of nitrogens with two attached hydrogens (primary N) is 1. The third-order valence-electron chi connectivity index (χ3n) is 2.64. The fraction of sp³-hybridized carbons (Fsp3) is 1.00. The third kappa shape index (κ3) is 6.35. The van der Waals surface area contributed by atoms with E-state index in [9.17, 15) is 0 Å². The van der Waals surface area contributed by atoms with Gasteiger partial charge in [-0.25, -0.2) is 0 Å². The minimum atomic E-state index is 0.285. The van der Waals surface area contributed by atoms with Crippen LogP contribution in [0.2, 0.25) is 0 Å². The Morgan fingerprint density at radius 3 is 2.14 bits per heavy atom. The van der Waals surface area contributed by atoms with Gasteiger partial charge in [0.05, 0.1) is 12.7 Å². The molecule has 0 radical (unpaired) electrons. The van der Waals surface area contributed by atoms with Gasteiger partial charge in [0.2, 0.25) is 0 Å². The van der Waals surface area contributed by atoms with Gasteiger partial charge in [0.1, 0.15) is 0 Å². The zero-order valence-electron chi connectivity index (χ0n) is 10.0. The molecule has 1 atom stereocenters. The molecule has 0 bridgehead atoms. The molecule has 3 heteroatoms. The van der Waals surface area contributed by atoms with Gasteiger partial charge in [-0.1, -0.05) is 26.7 Å². The highest BCUT2D eigenvalue weighted by molar-refractivity contribution is 4.68. The van der Waals surface area contributed by atoms with E-state index in [-0.39, 0.29) is 6.10 Å². The van der Waals surface area contributed by atoms with Crippen LogP contribution in [0.3, 0.4) is 0 Å². The van der Waals surface area contributed by atoms with Crippen molar-refractivity contribution in [2.75, 3.05) is 6.61 Å². The van der Waals surface area contributed by atoms with E-state index >= 15 is 0 Å². The molecule has 14 heavy (non-hydrogen) atoms. The Balaban J connectivity index is 3.76. The Morgan fingerprint density at radius 1 is 1.21 bits per heavy atom. The van der Waals surface area contributed by atoms with Crippen molar-refractivity contribution in [1.82, 2.24) is 5.43 Å². The zero-order chi connectivity index (χ0) is 11.0. The first-order valence-corrected chi connectivity index (χ1v) is 5.71. The van der Waals surface area contributed by atoms with Crippen molar-refractivity contribution >= 4 is 0 Å². The van der Waals surface area contributed by atoms with Gasteiger partial charge < -0.3 is 4.74 Å². The summed E-state index contributed by atoms with van der Waals surface area (Å²) in [6.45, 7) is 9.26. The molecular weight excluding hydrogens is 176 g/mol. The van der Waals surface area contributed by atoms with Gasteiger partial charge in [-0.3, -0.25) is 11.3 Å². The molecule has 1 unspecified atom stereocenters. The Hall–Kier alpha value is -0.120. The Bertz CT molecular complexity index is 124. The van der Waals surface area contributed by atoms with Crippen LogP contribution >= 0.6 is 0 Å².